The van der Waals surface area contributed by atoms with Crippen molar-refractivity contribution in [3.8, 4) is 0 Å². The van der Waals surface area contributed by atoms with Gasteiger partial charge in [0, 0.05) is 18.8 Å². The second-order valence-electron chi connectivity index (χ2n) is 4.03. The monoisotopic (exact) mass is 308 g/mol. The minimum atomic E-state index is -0.674. The van der Waals surface area contributed by atoms with Crippen molar-refractivity contribution in [1.29, 1.82) is 0 Å². The Hall–Kier alpha value is -1.04. The van der Waals surface area contributed by atoms with Gasteiger partial charge < -0.3 is 15.4 Å². The number of nitrogens with one attached hydrogen (secondary N) is 2. The van der Waals surface area contributed by atoms with Gasteiger partial charge in [-0.25, -0.2) is 4.39 Å². The molecule has 1 atom stereocenters. The minimum absolute atomic E-state index is 0.0341. The van der Waals surface area contributed by atoms with Gasteiger partial charge in [0.25, 0.3) is 0 Å². The summed E-state index contributed by atoms with van der Waals surface area (Å²) in [7, 11) is 1.56. The summed E-state index contributed by atoms with van der Waals surface area (Å²) in [5.74, 6) is -0.881. The Bertz CT molecular complexity index is 434. The summed E-state index contributed by atoms with van der Waals surface area (Å²) < 4.78 is 18.1. The highest BCUT2D eigenvalue weighted by Crippen LogP contribution is 2.27. The summed E-state index contributed by atoms with van der Waals surface area (Å²) in [5, 5.41) is 5.35. The van der Waals surface area contributed by atoms with E-state index < -0.39 is 5.82 Å². The average molecular weight is 309 g/mol. The number of halogens is 3. The molecule has 19 heavy (non-hydrogen) atoms. The third-order valence-electron chi connectivity index (χ3n) is 2.26. The molecule has 0 aliphatic heterocycles. The van der Waals surface area contributed by atoms with Gasteiger partial charge in [-0.3, -0.25) is 4.79 Å². The zero-order chi connectivity index (χ0) is 14.4. The zero-order valence-corrected chi connectivity index (χ0v) is 12.1. The number of amides is 1. The van der Waals surface area contributed by atoms with E-state index in [1.165, 1.54) is 12.1 Å². The van der Waals surface area contributed by atoms with Crippen LogP contribution in [-0.2, 0) is 9.53 Å². The molecule has 106 valence electrons. The summed E-state index contributed by atoms with van der Waals surface area (Å²) in [5.41, 5.74) is 0.478. The van der Waals surface area contributed by atoms with Crippen molar-refractivity contribution in [2.45, 2.75) is 13.0 Å². The molecular formula is C12H15Cl2FN2O2. The van der Waals surface area contributed by atoms with Crippen molar-refractivity contribution >= 4 is 34.8 Å². The maximum atomic E-state index is 13.2. The van der Waals surface area contributed by atoms with Crippen molar-refractivity contribution in [3.63, 3.8) is 0 Å². The number of methoxy groups -OCH3 is 1. The lowest BCUT2D eigenvalue weighted by Gasteiger charge is -2.13. The van der Waals surface area contributed by atoms with Gasteiger partial charge in [-0.2, -0.15) is 0 Å². The van der Waals surface area contributed by atoms with E-state index in [2.05, 4.69) is 10.6 Å². The average Bonchev–Trinajstić information content (AvgIpc) is 2.33. The standard InChI is InChI=1S/C12H15Cl2FN2O2/c1-7(6-19-2)17-11(18)5-16-8-3-9(13)12(15)10(14)4-8/h3-4,7,16H,5-6H2,1-2H3,(H,17,18). The molecule has 0 bridgehead atoms. The fourth-order valence-electron chi connectivity index (χ4n) is 1.46. The molecular weight excluding hydrogens is 294 g/mol. The first kappa shape index (κ1) is 16.0. The van der Waals surface area contributed by atoms with Crippen LogP contribution in [0.15, 0.2) is 12.1 Å². The molecule has 0 radical (unpaired) electrons. The number of benzene rings is 1. The predicted molar refractivity (Wildman–Crippen MR) is 74.4 cm³/mol. The van der Waals surface area contributed by atoms with Crippen molar-refractivity contribution in [2.24, 2.45) is 0 Å². The first-order valence-corrected chi connectivity index (χ1v) is 6.36. The first-order valence-electron chi connectivity index (χ1n) is 5.60. The van der Waals surface area contributed by atoms with Crippen LogP contribution in [0.4, 0.5) is 10.1 Å². The summed E-state index contributed by atoms with van der Waals surface area (Å²) in [6.07, 6.45) is 0. The topological polar surface area (TPSA) is 50.4 Å². The number of carbonyl (C=O) groups excluding carboxylic acids is 1. The molecule has 4 nitrogen and oxygen atoms in total. The Morgan fingerprint density at radius 2 is 2.00 bits per heavy atom. The molecule has 0 fully saturated rings. The maximum Gasteiger partial charge on any atom is 0.239 e. The van der Waals surface area contributed by atoms with Gasteiger partial charge in [0.15, 0.2) is 5.82 Å². The summed E-state index contributed by atoms with van der Waals surface area (Å²) >= 11 is 11.3. The van der Waals surface area contributed by atoms with Crippen LogP contribution in [0.5, 0.6) is 0 Å². The number of anilines is 1. The van der Waals surface area contributed by atoms with E-state index in [-0.39, 0.29) is 28.5 Å². The molecule has 0 aliphatic rings. The smallest absolute Gasteiger partial charge is 0.239 e. The lowest BCUT2D eigenvalue weighted by molar-refractivity contribution is -0.120. The Morgan fingerprint density at radius 3 is 2.53 bits per heavy atom. The summed E-state index contributed by atoms with van der Waals surface area (Å²) in [6, 6.07) is 2.66. The van der Waals surface area contributed by atoms with Crippen LogP contribution in [0.3, 0.4) is 0 Å². The zero-order valence-electron chi connectivity index (χ0n) is 10.6. The van der Waals surface area contributed by atoms with E-state index in [1.807, 2.05) is 6.92 Å². The van der Waals surface area contributed by atoms with Gasteiger partial charge in [-0.05, 0) is 19.1 Å². The maximum absolute atomic E-state index is 13.2. The molecule has 0 aromatic heterocycles. The number of hydrogen-bond acceptors (Lipinski definition) is 3. The molecule has 0 spiro atoms. The molecule has 1 aromatic rings. The minimum Gasteiger partial charge on any atom is -0.383 e. The van der Waals surface area contributed by atoms with E-state index >= 15 is 0 Å². The second-order valence-corrected chi connectivity index (χ2v) is 4.85. The van der Waals surface area contributed by atoms with Crippen LogP contribution in [-0.4, -0.2) is 32.2 Å². The highest BCUT2D eigenvalue weighted by atomic mass is 35.5. The molecule has 0 aliphatic carbocycles. The Balaban J connectivity index is 2.51. The Kier molecular flexibility index (Phi) is 6.34. The molecule has 0 heterocycles. The molecule has 1 rings (SSSR count). The normalized spacial score (nSPS) is 12.1. The quantitative estimate of drug-likeness (QED) is 0.794. The predicted octanol–water partition coefficient (Wildman–Crippen LogP) is 2.70. The largest absolute Gasteiger partial charge is 0.383 e. The van der Waals surface area contributed by atoms with Crippen molar-refractivity contribution in [1.82, 2.24) is 5.32 Å². The van der Waals surface area contributed by atoms with Gasteiger partial charge in [-0.1, -0.05) is 23.2 Å². The van der Waals surface area contributed by atoms with Crippen molar-refractivity contribution in [3.05, 3.63) is 28.0 Å². The van der Waals surface area contributed by atoms with E-state index in [1.54, 1.807) is 7.11 Å². The molecule has 2 N–H and O–H groups in total. The van der Waals surface area contributed by atoms with Crippen LogP contribution in [0.25, 0.3) is 0 Å². The highest BCUT2D eigenvalue weighted by Gasteiger charge is 2.10. The summed E-state index contributed by atoms with van der Waals surface area (Å²) in [6.45, 7) is 2.29. The van der Waals surface area contributed by atoms with Crippen molar-refractivity contribution in [2.75, 3.05) is 25.6 Å². The molecule has 1 aromatic carbocycles. The SMILES string of the molecule is COCC(C)NC(=O)CNc1cc(Cl)c(F)c(Cl)c1. The third-order valence-corrected chi connectivity index (χ3v) is 2.81. The van der Waals surface area contributed by atoms with Crippen LogP contribution >= 0.6 is 23.2 Å². The molecule has 1 unspecified atom stereocenters. The number of carbonyl (C=O) groups is 1. The number of rotatable bonds is 6. The Labute approximate surface area is 121 Å². The third kappa shape index (κ3) is 5.22. The van der Waals surface area contributed by atoms with Gasteiger partial charge >= 0.3 is 0 Å². The van der Waals surface area contributed by atoms with Crippen LogP contribution in [0, 0.1) is 5.82 Å². The van der Waals surface area contributed by atoms with Gasteiger partial charge in [0.1, 0.15) is 0 Å². The molecule has 1 amide bonds. The first-order chi connectivity index (χ1) is 8.93. The van der Waals surface area contributed by atoms with Gasteiger partial charge in [-0.15, -0.1) is 0 Å². The second kappa shape index (κ2) is 7.53. The van der Waals surface area contributed by atoms with E-state index in [9.17, 15) is 9.18 Å². The van der Waals surface area contributed by atoms with Gasteiger partial charge in [0.05, 0.1) is 23.2 Å². The molecule has 0 saturated carbocycles. The van der Waals surface area contributed by atoms with Gasteiger partial charge in [0.2, 0.25) is 5.91 Å². The molecule has 7 heteroatoms. The number of ether oxygens (including phenoxy) is 1. The summed E-state index contributed by atoms with van der Waals surface area (Å²) in [4.78, 5) is 11.6. The molecule has 0 saturated heterocycles. The number of hydrogen-bond donors (Lipinski definition) is 2. The van der Waals surface area contributed by atoms with E-state index in [0.717, 1.165) is 0 Å². The van der Waals surface area contributed by atoms with Crippen molar-refractivity contribution < 1.29 is 13.9 Å². The fourth-order valence-corrected chi connectivity index (χ4v) is 1.94. The van der Waals surface area contributed by atoms with E-state index in [0.29, 0.717) is 12.3 Å². The van der Waals surface area contributed by atoms with Crippen LogP contribution in [0.1, 0.15) is 6.92 Å². The lowest BCUT2D eigenvalue weighted by atomic mass is 10.3. The Morgan fingerprint density at radius 1 is 1.42 bits per heavy atom. The fraction of sp³-hybridized carbons (Fsp3) is 0.417. The lowest BCUT2D eigenvalue weighted by Crippen LogP contribution is -2.39. The highest BCUT2D eigenvalue weighted by molar-refractivity contribution is 6.35. The van der Waals surface area contributed by atoms with E-state index in [4.69, 9.17) is 27.9 Å². The van der Waals surface area contributed by atoms with Crippen LogP contribution < -0.4 is 10.6 Å². The van der Waals surface area contributed by atoms with Crippen LogP contribution in [0.2, 0.25) is 10.0 Å².